The number of methoxy groups -OCH3 is 3. The molecule has 0 N–H and O–H groups in total. The normalized spacial score (nSPS) is 24.4. The van der Waals surface area contributed by atoms with Crippen LogP contribution in [0.25, 0.3) is 0 Å². The van der Waals surface area contributed by atoms with Crippen molar-refractivity contribution in [2.75, 3.05) is 21.3 Å². The zero-order valence-corrected chi connectivity index (χ0v) is 13.6. The van der Waals surface area contributed by atoms with E-state index in [-0.39, 0.29) is 12.0 Å². The van der Waals surface area contributed by atoms with Gasteiger partial charge in [-0.15, -0.1) is 0 Å². The Bertz CT molecular complexity index is 578. The lowest BCUT2D eigenvalue weighted by atomic mass is 9.90. The van der Waals surface area contributed by atoms with E-state index in [0.29, 0.717) is 11.5 Å². The number of hydrogen-bond acceptors (Lipinski definition) is 5. The Balaban J connectivity index is 2.41. The van der Waals surface area contributed by atoms with Crippen molar-refractivity contribution in [2.45, 2.75) is 26.1 Å². The standard InChI is InChI=1S/C17H22O5/c1-10-8-11(2)16(17(18)21-5)22-15(10)13-9-12(19-3)6-7-14(13)20-4/h6-10,15-16H,1-5H3/t10-,15-,16-/m0/s1. The number of ether oxygens (including phenoxy) is 4. The summed E-state index contributed by atoms with van der Waals surface area (Å²) in [5.41, 5.74) is 1.71. The third kappa shape index (κ3) is 3.09. The SMILES string of the molecule is COC(=O)[C@H]1O[C@H](c2cc(OC)ccc2OC)[C@@H](C)C=C1C. The number of carbonyl (C=O) groups is 1. The van der Waals surface area contributed by atoms with Gasteiger partial charge in [0.25, 0.3) is 0 Å². The van der Waals surface area contributed by atoms with Crippen LogP contribution in [0.1, 0.15) is 25.5 Å². The van der Waals surface area contributed by atoms with E-state index in [0.717, 1.165) is 11.1 Å². The molecule has 120 valence electrons. The minimum Gasteiger partial charge on any atom is -0.497 e. The number of esters is 1. The molecule has 3 atom stereocenters. The zero-order chi connectivity index (χ0) is 16.3. The van der Waals surface area contributed by atoms with Gasteiger partial charge in [-0.1, -0.05) is 13.0 Å². The van der Waals surface area contributed by atoms with Crippen LogP contribution >= 0.6 is 0 Å². The van der Waals surface area contributed by atoms with Gasteiger partial charge in [-0.2, -0.15) is 0 Å². The van der Waals surface area contributed by atoms with Crippen LogP contribution in [0, 0.1) is 5.92 Å². The molecule has 0 unspecified atom stereocenters. The van der Waals surface area contributed by atoms with E-state index in [1.165, 1.54) is 7.11 Å². The average Bonchev–Trinajstić information content (AvgIpc) is 2.53. The summed E-state index contributed by atoms with van der Waals surface area (Å²) >= 11 is 0. The maximum atomic E-state index is 11.9. The first-order valence-electron chi connectivity index (χ1n) is 7.15. The highest BCUT2D eigenvalue weighted by Crippen LogP contribution is 2.40. The summed E-state index contributed by atoms with van der Waals surface area (Å²) in [6.45, 7) is 3.91. The number of rotatable bonds is 4. The third-order valence-corrected chi connectivity index (χ3v) is 3.86. The molecule has 0 amide bonds. The van der Waals surface area contributed by atoms with Gasteiger partial charge in [-0.25, -0.2) is 4.79 Å². The summed E-state index contributed by atoms with van der Waals surface area (Å²) < 4.78 is 21.5. The van der Waals surface area contributed by atoms with E-state index in [2.05, 4.69) is 0 Å². The highest BCUT2D eigenvalue weighted by molar-refractivity contribution is 5.78. The molecule has 1 aromatic carbocycles. The Morgan fingerprint density at radius 1 is 1.18 bits per heavy atom. The first-order chi connectivity index (χ1) is 10.5. The van der Waals surface area contributed by atoms with Crippen molar-refractivity contribution in [3.05, 3.63) is 35.4 Å². The van der Waals surface area contributed by atoms with E-state index >= 15 is 0 Å². The van der Waals surface area contributed by atoms with Crippen molar-refractivity contribution in [1.82, 2.24) is 0 Å². The quantitative estimate of drug-likeness (QED) is 0.632. The summed E-state index contributed by atoms with van der Waals surface area (Å²) in [7, 11) is 4.58. The van der Waals surface area contributed by atoms with Gasteiger partial charge < -0.3 is 18.9 Å². The molecule has 0 aromatic heterocycles. The maximum Gasteiger partial charge on any atom is 0.339 e. The lowest BCUT2D eigenvalue weighted by Crippen LogP contribution is -2.34. The van der Waals surface area contributed by atoms with E-state index < -0.39 is 12.1 Å². The Labute approximate surface area is 130 Å². The molecule has 1 heterocycles. The molecule has 0 saturated heterocycles. The van der Waals surface area contributed by atoms with E-state index in [9.17, 15) is 4.79 Å². The van der Waals surface area contributed by atoms with Crippen molar-refractivity contribution in [1.29, 1.82) is 0 Å². The monoisotopic (exact) mass is 306 g/mol. The molecule has 5 heteroatoms. The van der Waals surface area contributed by atoms with Gasteiger partial charge in [-0.3, -0.25) is 0 Å². The second-order valence-electron chi connectivity index (χ2n) is 5.34. The van der Waals surface area contributed by atoms with Gasteiger partial charge in [0.05, 0.1) is 27.4 Å². The number of hydrogen-bond donors (Lipinski definition) is 0. The lowest BCUT2D eigenvalue weighted by molar-refractivity contribution is -0.157. The average molecular weight is 306 g/mol. The van der Waals surface area contributed by atoms with Crippen molar-refractivity contribution in [3.8, 4) is 11.5 Å². The lowest BCUT2D eigenvalue weighted by Gasteiger charge is -2.33. The predicted molar refractivity (Wildman–Crippen MR) is 82.1 cm³/mol. The van der Waals surface area contributed by atoms with Gasteiger partial charge in [0, 0.05) is 11.5 Å². The first-order valence-corrected chi connectivity index (χ1v) is 7.15. The van der Waals surface area contributed by atoms with Gasteiger partial charge in [0.15, 0.2) is 6.10 Å². The molecule has 1 aliphatic rings. The van der Waals surface area contributed by atoms with Gasteiger partial charge in [0.2, 0.25) is 0 Å². The fourth-order valence-corrected chi connectivity index (χ4v) is 2.73. The summed E-state index contributed by atoms with van der Waals surface area (Å²) in [4.78, 5) is 11.9. The van der Waals surface area contributed by atoms with Crippen LogP contribution in [0.5, 0.6) is 11.5 Å². The number of benzene rings is 1. The van der Waals surface area contributed by atoms with Crippen molar-refractivity contribution in [2.24, 2.45) is 5.92 Å². The van der Waals surface area contributed by atoms with E-state index in [4.69, 9.17) is 18.9 Å². The van der Waals surface area contributed by atoms with Crippen molar-refractivity contribution >= 4 is 5.97 Å². The van der Waals surface area contributed by atoms with Gasteiger partial charge in [-0.05, 0) is 30.7 Å². The van der Waals surface area contributed by atoms with Crippen LogP contribution in [0.3, 0.4) is 0 Å². The largest absolute Gasteiger partial charge is 0.497 e. The fourth-order valence-electron chi connectivity index (χ4n) is 2.73. The molecular formula is C17H22O5. The molecule has 22 heavy (non-hydrogen) atoms. The molecule has 0 fully saturated rings. The molecule has 0 aliphatic carbocycles. The Morgan fingerprint density at radius 2 is 1.91 bits per heavy atom. The first kappa shape index (κ1) is 16.4. The smallest absolute Gasteiger partial charge is 0.339 e. The molecule has 1 aliphatic heterocycles. The van der Waals surface area contributed by atoms with E-state index in [1.54, 1.807) is 14.2 Å². The highest BCUT2D eigenvalue weighted by Gasteiger charge is 2.35. The maximum absolute atomic E-state index is 11.9. The molecule has 0 bridgehead atoms. The molecule has 1 aromatic rings. The van der Waals surface area contributed by atoms with Crippen LogP contribution in [-0.2, 0) is 14.3 Å². The highest BCUT2D eigenvalue weighted by atomic mass is 16.6. The van der Waals surface area contributed by atoms with Gasteiger partial charge in [0.1, 0.15) is 11.5 Å². The van der Waals surface area contributed by atoms with Crippen molar-refractivity contribution in [3.63, 3.8) is 0 Å². The van der Waals surface area contributed by atoms with Gasteiger partial charge >= 0.3 is 5.97 Å². The van der Waals surface area contributed by atoms with Crippen LogP contribution < -0.4 is 9.47 Å². The second kappa shape index (κ2) is 6.83. The fraction of sp³-hybridized carbons (Fsp3) is 0.471. The third-order valence-electron chi connectivity index (χ3n) is 3.86. The Morgan fingerprint density at radius 3 is 2.50 bits per heavy atom. The summed E-state index contributed by atoms with van der Waals surface area (Å²) in [6, 6.07) is 5.54. The summed E-state index contributed by atoms with van der Waals surface area (Å²) in [5.74, 6) is 1.12. The summed E-state index contributed by atoms with van der Waals surface area (Å²) in [5, 5.41) is 0. The zero-order valence-electron chi connectivity index (χ0n) is 13.6. The predicted octanol–water partition coefficient (Wildman–Crippen LogP) is 2.90. The van der Waals surface area contributed by atoms with Crippen LogP contribution in [0.4, 0.5) is 0 Å². The Kier molecular flexibility index (Phi) is 5.08. The molecule has 5 nitrogen and oxygen atoms in total. The Hall–Kier alpha value is -2.01. The van der Waals surface area contributed by atoms with Crippen LogP contribution in [-0.4, -0.2) is 33.4 Å². The van der Waals surface area contributed by atoms with Crippen molar-refractivity contribution < 1.29 is 23.7 Å². The minimum absolute atomic E-state index is 0.0990. The number of carbonyl (C=O) groups excluding carboxylic acids is 1. The van der Waals surface area contributed by atoms with Crippen LogP contribution in [0.2, 0.25) is 0 Å². The molecule has 0 saturated carbocycles. The second-order valence-corrected chi connectivity index (χ2v) is 5.34. The van der Waals surface area contributed by atoms with E-state index in [1.807, 2.05) is 38.1 Å². The van der Waals surface area contributed by atoms with Crippen LogP contribution in [0.15, 0.2) is 29.8 Å². The molecule has 0 spiro atoms. The molecule has 2 rings (SSSR count). The topological polar surface area (TPSA) is 54.0 Å². The summed E-state index contributed by atoms with van der Waals surface area (Å²) in [6.07, 6.45) is 1.04. The minimum atomic E-state index is -0.692. The molecule has 0 radical (unpaired) electrons. The molecular weight excluding hydrogens is 284 g/mol.